The molecule has 0 aliphatic carbocycles. The Morgan fingerprint density at radius 3 is 2.60 bits per heavy atom. The van der Waals surface area contributed by atoms with Crippen LogP contribution in [0.15, 0.2) is 42.7 Å². The van der Waals surface area contributed by atoms with Crippen molar-refractivity contribution in [1.82, 2.24) is 15.1 Å². The van der Waals surface area contributed by atoms with Crippen molar-refractivity contribution in [3.63, 3.8) is 0 Å². The smallest absolute Gasteiger partial charge is 0.407 e. The van der Waals surface area contributed by atoms with Crippen LogP contribution in [0.25, 0.3) is 5.69 Å². The molecule has 1 aromatic heterocycles. The molecule has 0 saturated heterocycles. The molecule has 3 N–H and O–H groups in total. The number of benzene rings is 1. The number of ether oxygens (including phenoxy) is 1. The average Bonchev–Trinajstić information content (AvgIpc) is 3.03. The van der Waals surface area contributed by atoms with Gasteiger partial charge in [0.25, 0.3) is 0 Å². The Hall–Kier alpha value is -2.38. The molecule has 7 heteroatoms. The fourth-order valence-electron chi connectivity index (χ4n) is 2.23. The molecular formula is C18H25N3O4. The van der Waals surface area contributed by atoms with Crippen molar-refractivity contribution in [3.8, 4) is 5.69 Å². The summed E-state index contributed by atoms with van der Waals surface area (Å²) in [5.41, 5.74) is 0.796. The molecule has 1 heterocycles. The van der Waals surface area contributed by atoms with Crippen LogP contribution in [0.2, 0.25) is 0 Å². The number of aromatic nitrogens is 2. The van der Waals surface area contributed by atoms with Gasteiger partial charge in [0.15, 0.2) is 0 Å². The van der Waals surface area contributed by atoms with Crippen LogP contribution in [0.1, 0.15) is 38.9 Å². The summed E-state index contributed by atoms with van der Waals surface area (Å²) in [7, 11) is 0. The molecule has 7 nitrogen and oxygen atoms in total. The van der Waals surface area contributed by atoms with Gasteiger partial charge in [0.1, 0.15) is 11.7 Å². The molecule has 25 heavy (non-hydrogen) atoms. The Morgan fingerprint density at radius 1 is 1.28 bits per heavy atom. The minimum Gasteiger partial charge on any atom is -0.444 e. The molecule has 2 unspecified atom stereocenters. The highest BCUT2D eigenvalue weighted by Crippen LogP contribution is 2.19. The number of para-hydroxylation sites is 1. The number of carbonyl (C=O) groups excluding carboxylic acids is 1. The predicted molar refractivity (Wildman–Crippen MR) is 93.4 cm³/mol. The van der Waals surface area contributed by atoms with E-state index in [1.807, 2.05) is 30.3 Å². The molecule has 136 valence electrons. The van der Waals surface area contributed by atoms with E-state index in [2.05, 4.69) is 10.4 Å². The van der Waals surface area contributed by atoms with E-state index >= 15 is 0 Å². The van der Waals surface area contributed by atoms with Gasteiger partial charge in [-0.05, 0) is 39.3 Å². The highest BCUT2D eigenvalue weighted by atomic mass is 16.6. The van der Waals surface area contributed by atoms with Gasteiger partial charge in [-0.2, -0.15) is 5.10 Å². The van der Waals surface area contributed by atoms with Crippen molar-refractivity contribution < 1.29 is 19.7 Å². The molecule has 1 aromatic carbocycles. The lowest BCUT2D eigenvalue weighted by Crippen LogP contribution is -2.34. The lowest BCUT2D eigenvalue weighted by molar-refractivity contribution is 0.0123. The van der Waals surface area contributed by atoms with E-state index in [0.717, 1.165) is 5.69 Å². The van der Waals surface area contributed by atoms with Crippen molar-refractivity contribution in [2.24, 2.45) is 0 Å². The summed E-state index contributed by atoms with van der Waals surface area (Å²) >= 11 is 0. The number of aliphatic hydroxyl groups is 2. The lowest BCUT2D eigenvalue weighted by Gasteiger charge is -2.20. The van der Waals surface area contributed by atoms with E-state index in [1.54, 1.807) is 31.6 Å². The summed E-state index contributed by atoms with van der Waals surface area (Å²) < 4.78 is 6.74. The first-order chi connectivity index (χ1) is 11.8. The average molecular weight is 347 g/mol. The van der Waals surface area contributed by atoms with Gasteiger partial charge < -0.3 is 20.3 Å². The topological polar surface area (TPSA) is 96.6 Å². The van der Waals surface area contributed by atoms with Gasteiger partial charge in [-0.3, -0.25) is 0 Å². The number of amides is 1. The molecule has 0 saturated carbocycles. The zero-order valence-corrected chi connectivity index (χ0v) is 14.7. The van der Waals surface area contributed by atoms with E-state index in [4.69, 9.17) is 4.74 Å². The normalized spacial score (nSPS) is 14.0. The van der Waals surface area contributed by atoms with E-state index in [1.165, 1.54) is 6.20 Å². The number of aliphatic hydroxyl groups excluding tert-OH is 2. The molecule has 2 atom stereocenters. The van der Waals surface area contributed by atoms with Crippen molar-refractivity contribution in [2.45, 2.75) is 45.0 Å². The Kier molecular flexibility index (Phi) is 6.17. The Balaban J connectivity index is 1.85. The zero-order valence-electron chi connectivity index (χ0n) is 14.7. The summed E-state index contributed by atoms with van der Waals surface area (Å²) in [4.78, 5) is 11.5. The minimum absolute atomic E-state index is 0.191. The second-order valence-corrected chi connectivity index (χ2v) is 6.78. The number of alkyl carbamates (subject to hydrolysis) is 1. The minimum atomic E-state index is -1.09. The Labute approximate surface area is 147 Å². The van der Waals surface area contributed by atoms with Gasteiger partial charge >= 0.3 is 6.09 Å². The highest BCUT2D eigenvalue weighted by Gasteiger charge is 2.21. The number of nitrogens with one attached hydrogen (secondary N) is 1. The number of carbonyl (C=O) groups is 1. The van der Waals surface area contributed by atoms with Crippen LogP contribution in [0.5, 0.6) is 0 Å². The largest absolute Gasteiger partial charge is 0.444 e. The molecule has 0 bridgehead atoms. The maximum Gasteiger partial charge on any atom is 0.407 e. The number of rotatable bonds is 6. The summed E-state index contributed by atoms with van der Waals surface area (Å²) in [5.74, 6) is 0. The van der Waals surface area contributed by atoms with Gasteiger partial charge in [-0.1, -0.05) is 18.2 Å². The van der Waals surface area contributed by atoms with Gasteiger partial charge in [0, 0.05) is 18.3 Å². The van der Waals surface area contributed by atoms with Crippen LogP contribution >= 0.6 is 0 Å². The number of hydrogen-bond donors (Lipinski definition) is 3. The van der Waals surface area contributed by atoms with Gasteiger partial charge in [-0.25, -0.2) is 9.48 Å². The standard InChI is InChI=1S/C18H25N3O4/c1-18(2,3)25-17(24)19-10-9-15(22)16(23)13-11-20-21(12-13)14-7-5-4-6-8-14/h4-8,11-12,15-16,22-23H,9-10H2,1-3H3,(H,19,24). The zero-order chi connectivity index (χ0) is 18.4. The summed E-state index contributed by atoms with van der Waals surface area (Å²) in [5, 5.41) is 27.1. The summed E-state index contributed by atoms with van der Waals surface area (Å²) in [6.07, 6.45) is 0.719. The Morgan fingerprint density at radius 2 is 1.96 bits per heavy atom. The molecular weight excluding hydrogens is 322 g/mol. The summed E-state index contributed by atoms with van der Waals surface area (Å²) in [6.45, 7) is 5.51. The van der Waals surface area contributed by atoms with Crippen molar-refractivity contribution in [3.05, 3.63) is 48.3 Å². The number of hydrogen-bond acceptors (Lipinski definition) is 5. The van der Waals surface area contributed by atoms with Crippen LogP contribution in [0, 0.1) is 0 Å². The van der Waals surface area contributed by atoms with Crippen LogP contribution in [0.4, 0.5) is 4.79 Å². The van der Waals surface area contributed by atoms with E-state index < -0.39 is 23.9 Å². The van der Waals surface area contributed by atoms with Crippen LogP contribution < -0.4 is 5.32 Å². The lowest BCUT2D eigenvalue weighted by atomic mass is 10.1. The SMILES string of the molecule is CC(C)(C)OC(=O)NCCC(O)C(O)c1cnn(-c2ccccc2)c1. The highest BCUT2D eigenvalue weighted by molar-refractivity contribution is 5.67. The van der Waals surface area contributed by atoms with E-state index in [9.17, 15) is 15.0 Å². The molecule has 2 aromatic rings. The molecule has 0 spiro atoms. The first-order valence-corrected chi connectivity index (χ1v) is 8.19. The molecule has 0 radical (unpaired) electrons. The van der Waals surface area contributed by atoms with E-state index in [-0.39, 0.29) is 13.0 Å². The van der Waals surface area contributed by atoms with Crippen molar-refractivity contribution in [1.29, 1.82) is 0 Å². The second-order valence-electron chi connectivity index (χ2n) is 6.78. The molecule has 0 fully saturated rings. The molecule has 0 aliphatic rings. The monoisotopic (exact) mass is 347 g/mol. The summed E-state index contributed by atoms with van der Waals surface area (Å²) in [6, 6.07) is 9.48. The first kappa shape index (κ1) is 19.0. The van der Waals surface area contributed by atoms with Gasteiger partial charge in [0.2, 0.25) is 0 Å². The quantitative estimate of drug-likeness (QED) is 0.744. The van der Waals surface area contributed by atoms with Crippen LogP contribution in [-0.2, 0) is 4.74 Å². The number of nitrogens with zero attached hydrogens (tertiary/aromatic N) is 2. The third kappa shape index (κ3) is 5.88. The van der Waals surface area contributed by atoms with Crippen LogP contribution in [0.3, 0.4) is 0 Å². The van der Waals surface area contributed by atoms with Gasteiger partial charge in [-0.15, -0.1) is 0 Å². The molecule has 1 amide bonds. The molecule has 0 aliphatic heterocycles. The van der Waals surface area contributed by atoms with Crippen LogP contribution in [-0.4, -0.2) is 44.3 Å². The maximum atomic E-state index is 11.5. The second kappa shape index (κ2) is 8.13. The fourth-order valence-corrected chi connectivity index (χ4v) is 2.23. The van der Waals surface area contributed by atoms with E-state index in [0.29, 0.717) is 5.56 Å². The third-order valence-corrected chi connectivity index (χ3v) is 3.44. The Bertz CT molecular complexity index is 679. The fraction of sp³-hybridized carbons (Fsp3) is 0.444. The van der Waals surface area contributed by atoms with Crippen molar-refractivity contribution >= 4 is 6.09 Å². The van der Waals surface area contributed by atoms with Gasteiger partial charge in [0.05, 0.1) is 18.0 Å². The van der Waals surface area contributed by atoms with Crippen molar-refractivity contribution in [2.75, 3.05) is 6.54 Å². The third-order valence-electron chi connectivity index (χ3n) is 3.44. The first-order valence-electron chi connectivity index (χ1n) is 8.19. The molecule has 2 rings (SSSR count). The maximum absolute atomic E-state index is 11.5. The predicted octanol–water partition coefficient (Wildman–Crippen LogP) is 2.18.